The van der Waals surface area contributed by atoms with Crippen LogP contribution in [0, 0.1) is 12.3 Å². The molecule has 0 radical (unpaired) electrons. The molecule has 0 saturated carbocycles. The van der Waals surface area contributed by atoms with Gasteiger partial charge in [-0.2, -0.15) is 0 Å². The van der Waals surface area contributed by atoms with Crippen LogP contribution >= 0.6 is 0 Å². The van der Waals surface area contributed by atoms with E-state index in [-0.39, 0.29) is 0 Å². The lowest BCUT2D eigenvalue weighted by atomic mass is 10.2. The molecule has 1 nitrogen and oxygen atoms in total. The Morgan fingerprint density at radius 1 is 1.43 bits per heavy atom. The number of nitrogens with zero attached hydrogens (tertiary/aromatic N) is 1. The maximum Gasteiger partial charge on any atom is 0.0598 e. The summed E-state index contributed by atoms with van der Waals surface area (Å²) >= 11 is 0. The van der Waals surface area contributed by atoms with Crippen LogP contribution in [0.3, 0.4) is 0 Å². The Hall–Kier alpha value is -1.00. The van der Waals surface area contributed by atoms with Gasteiger partial charge in [0.1, 0.15) is 0 Å². The van der Waals surface area contributed by atoms with Gasteiger partial charge in [-0.1, -0.05) is 24.1 Å². The summed E-state index contributed by atoms with van der Waals surface area (Å²) in [5.41, 5.74) is 0. The van der Waals surface area contributed by atoms with E-state index in [2.05, 4.69) is 43.5 Å². The molecule has 0 aliphatic rings. The highest BCUT2D eigenvalue weighted by Gasteiger charge is 2.04. The number of allylic oxidation sites excluding steroid dienone is 2. The van der Waals surface area contributed by atoms with Crippen molar-refractivity contribution < 1.29 is 0 Å². The fourth-order valence-corrected chi connectivity index (χ4v) is 1.10. The highest BCUT2D eigenvalue weighted by atomic mass is 15.1. The van der Waals surface area contributed by atoms with Crippen LogP contribution in [0.2, 0.25) is 0 Å². The summed E-state index contributed by atoms with van der Waals surface area (Å²) in [6.07, 6.45) is 14.8. The summed E-state index contributed by atoms with van der Waals surface area (Å²) in [7, 11) is 2.06. The van der Waals surface area contributed by atoms with Gasteiger partial charge in [-0.3, -0.25) is 4.90 Å². The molecule has 14 heavy (non-hydrogen) atoms. The zero-order valence-electron chi connectivity index (χ0n) is 9.37. The second-order valence-corrected chi connectivity index (χ2v) is 3.54. The molecular formula is C13H21N. The van der Waals surface area contributed by atoms with Crippen LogP contribution in [0.25, 0.3) is 0 Å². The van der Waals surface area contributed by atoms with E-state index >= 15 is 0 Å². The molecule has 0 aromatic heterocycles. The van der Waals surface area contributed by atoms with Crippen molar-refractivity contribution in [2.24, 2.45) is 0 Å². The van der Waals surface area contributed by atoms with Gasteiger partial charge in [-0.05, 0) is 33.2 Å². The summed E-state index contributed by atoms with van der Waals surface area (Å²) in [6.45, 7) is 6.60. The first-order valence-electron chi connectivity index (χ1n) is 5.12. The fraction of sp³-hybridized carbons (Fsp3) is 0.538. The van der Waals surface area contributed by atoms with E-state index in [1.807, 2.05) is 6.08 Å². The SMILES string of the molecule is C#CCN(C)[C@H](C)C/C=C/CCC=C. The quantitative estimate of drug-likeness (QED) is 0.340. The van der Waals surface area contributed by atoms with Crippen molar-refractivity contribution in [3.05, 3.63) is 24.8 Å². The lowest BCUT2D eigenvalue weighted by Crippen LogP contribution is -2.28. The zero-order valence-corrected chi connectivity index (χ0v) is 9.37. The first-order valence-corrected chi connectivity index (χ1v) is 5.12. The van der Waals surface area contributed by atoms with E-state index < -0.39 is 0 Å². The molecule has 0 aliphatic carbocycles. The number of hydrogen-bond donors (Lipinski definition) is 0. The van der Waals surface area contributed by atoms with Crippen LogP contribution in [-0.4, -0.2) is 24.5 Å². The maximum atomic E-state index is 5.24. The second-order valence-electron chi connectivity index (χ2n) is 3.54. The minimum absolute atomic E-state index is 0.519. The molecule has 0 aromatic carbocycles. The van der Waals surface area contributed by atoms with Crippen LogP contribution < -0.4 is 0 Å². The monoisotopic (exact) mass is 191 g/mol. The normalized spacial score (nSPS) is 13.0. The topological polar surface area (TPSA) is 3.24 Å². The van der Waals surface area contributed by atoms with Crippen LogP contribution in [0.1, 0.15) is 26.2 Å². The van der Waals surface area contributed by atoms with Gasteiger partial charge in [-0.25, -0.2) is 0 Å². The molecule has 0 amide bonds. The van der Waals surface area contributed by atoms with Crippen molar-refractivity contribution in [1.29, 1.82) is 0 Å². The van der Waals surface area contributed by atoms with E-state index in [9.17, 15) is 0 Å². The molecule has 1 heteroatoms. The Morgan fingerprint density at radius 2 is 2.14 bits per heavy atom. The number of hydrogen-bond acceptors (Lipinski definition) is 1. The van der Waals surface area contributed by atoms with E-state index in [0.717, 1.165) is 25.8 Å². The van der Waals surface area contributed by atoms with Crippen LogP contribution in [0.4, 0.5) is 0 Å². The lowest BCUT2D eigenvalue weighted by Gasteiger charge is -2.20. The zero-order chi connectivity index (χ0) is 10.8. The summed E-state index contributed by atoms with van der Waals surface area (Å²) < 4.78 is 0. The summed E-state index contributed by atoms with van der Waals surface area (Å²) in [5.74, 6) is 2.65. The van der Waals surface area contributed by atoms with Crippen molar-refractivity contribution >= 4 is 0 Å². The lowest BCUT2D eigenvalue weighted by molar-refractivity contribution is 0.290. The fourth-order valence-electron chi connectivity index (χ4n) is 1.10. The largest absolute Gasteiger partial charge is 0.292 e. The Kier molecular flexibility index (Phi) is 7.98. The molecule has 0 aromatic rings. The standard InChI is InChI=1S/C13H21N/c1-5-7-8-9-10-11-13(3)14(4)12-6-2/h2,5,9-10,13H,1,7-8,11-12H2,3-4H3/b10-9+/t13-/m1/s1. The molecule has 0 heterocycles. The Morgan fingerprint density at radius 3 is 2.71 bits per heavy atom. The predicted octanol–water partition coefficient (Wildman–Crippen LogP) is 2.85. The van der Waals surface area contributed by atoms with Gasteiger partial charge >= 0.3 is 0 Å². The minimum Gasteiger partial charge on any atom is -0.292 e. The van der Waals surface area contributed by atoms with Crippen molar-refractivity contribution in [3.63, 3.8) is 0 Å². The highest BCUT2D eigenvalue weighted by Crippen LogP contribution is 2.02. The average Bonchev–Trinajstić information content (AvgIpc) is 2.17. The van der Waals surface area contributed by atoms with Crippen molar-refractivity contribution in [2.75, 3.05) is 13.6 Å². The Labute approximate surface area is 88.5 Å². The van der Waals surface area contributed by atoms with Gasteiger partial charge in [-0.15, -0.1) is 13.0 Å². The van der Waals surface area contributed by atoms with E-state index in [4.69, 9.17) is 6.42 Å². The summed E-state index contributed by atoms with van der Waals surface area (Å²) in [6, 6.07) is 0.519. The third kappa shape index (κ3) is 6.51. The van der Waals surface area contributed by atoms with Crippen LogP contribution in [0.5, 0.6) is 0 Å². The molecule has 0 aliphatic heterocycles. The number of rotatable bonds is 7. The van der Waals surface area contributed by atoms with Gasteiger partial charge < -0.3 is 0 Å². The van der Waals surface area contributed by atoms with Crippen molar-refractivity contribution in [2.45, 2.75) is 32.2 Å². The predicted molar refractivity (Wildman–Crippen MR) is 64.1 cm³/mol. The van der Waals surface area contributed by atoms with Gasteiger partial charge in [0.15, 0.2) is 0 Å². The number of unbranched alkanes of at least 4 members (excludes halogenated alkanes) is 1. The van der Waals surface area contributed by atoms with Gasteiger partial charge in [0.05, 0.1) is 6.54 Å². The van der Waals surface area contributed by atoms with E-state index in [1.54, 1.807) is 0 Å². The third-order valence-electron chi connectivity index (χ3n) is 2.27. The molecule has 0 rings (SSSR count). The second kappa shape index (κ2) is 8.59. The molecule has 0 spiro atoms. The molecule has 0 unspecified atom stereocenters. The first-order chi connectivity index (χ1) is 6.72. The number of terminal acetylenes is 1. The average molecular weight is 191 g/mol. The smallest absolute Gasteiger partial charge is 0.0598 e. The van der Waals surface area contributed by atoms with Gasteiger partial charge in [0, 0.05) is 6.04 Å². The summed E-state index contributed by atoms with van der Waals surface area (Å²) in [5, 5.41) is 0. The molecule has 0 saturated heterocycles. The Bertz CT molecular complexity index is 210. The van der Waals surface area contributed by atoms with Gasteiger partial charge in [0.2, 0.25) is 0 Å². The molecular weight excluding hydrogens is 170 g/mol. The Balaban J connectivity index is 3.62. The van der Waals surface area contributed by atoms with Crippen LogP contribution in [-0.2, 0) is 0 Å². The molecule has 0 fully saturated rings. The van der Waals surface area contributed by atoms with E-state index in [0.29, 0.717) is 6.04 Å². The molecule has 0 N–H and O–H groups in total. The summed E-state index contributed by atoms with van der Waals surface area (Å²) in [4.78, 5) is 2.18. The van der Waals surface area contributed by atoms with E-state index in [1.165, 1.54) is 0 Å². The van der Waals surface area contributed by atoms with Crippen LogP contribution in [0.15, 0.2) is 24.8 Å². The highest BCUT2D eigenvalue weighted by molar-refractivity contribution is 4.91. The minimum atomic E-state index is 0.519. The molecule has 78 valence electrons. The van der Waals surface area contributed by atoms with Gasteiger partial charge in [0.25, 0.3) is 0 Å². The van der Waals surface area contributed by atoms with Crippen molar-refractivity contribution in [1.82, 2.24) is 4.90 Å². The van der Waals surface area contributed by atoms with Crippen molar-refractivity contribution in [3.8, 4) is 12.3 Å². The molecule has 1 atom stereocenters. The third-order valence-corrected chi connectivity index (χ3v) is 2.27. The molecule has 0 bridgehead atoms. The maximum absolute atomic E-state index is 5.24. The first kappa shape index (κ1) is 13.0.